The fourth-order valence-corrected chi connectivity index (χ4v) is 2.02. The van der Waals surface area contributed by atoms with E-state index < -0.39 is 5.97 Å². The molecule has 2 aromatic heterocycles. The first kappa shape index (κ1) is 12.2. The third kappa shape index (κ3) is 2.07. The van der Waals surface area contributed by atoms with Crippen molar-refractivity contribution in [2.75, 3.05) is 5.32 Å². The van der Waals surface area contributed by atoms with E-state index in [1.807, 2.05) is 17.7 Å². The Kier molecular flexibility index (Phi) is 2.83. The normalized spacial score (nSPS) is 10.7. The summed E-state index contributed by atoms with van der Waals surface area (Å²) in [4.78, 5) is 19.5. The molecule has 0 fully saturated rings. The minimum atomic E-state index is -0.961. The van der Waals surface area contributed by atoms with Crippen molar-refractivity contribution in [3.05, 3.63) is 48.4 Å². The van der Waals surface area contributed by atoms with Gasteiger partial charge < -0.3 is 15.0 Å². The molecule has 100 valence electrons. The Balaban J connectivity index is 2.01. The minimum Gasteiger partial charge on any atom is -0.478 e. The van der Waals surface area contributed by atoms with Crippen LogP contribution in [0.4, 0.5) is 11.5 Å². The third-order valence-corrected chi connectivity index (χ3v) is 3.02. The van der Waals surface area contributed by atoms with Crippen molar-refractivity contribution in [2.45, 2.75) is 0 Å². The molecule has 20 heavy (non-hydrogen) atoms. The van der Waals surface area contributed by atoms with Gasteiger partial charge in [-0.15, -0.1) is 0 Å². The number of carboxylic acid groups (broad SMARTS) is 1. The topological polar surface area (TPSA) is 80.0 Å². The molecule has 0 aliphatic heterocycles. The molecule has 0 atom stereocenters. The average Bonchev–Trinajstić information content (AvgIpc) is 2.82. The van der Waals surface area contributed by atoms with Crippen LogP contribution >= 0.6 is 0 Å². The first-order valence-corrected chi connectivity index (χ1v) is 6.01. The van der Waals surface area contributed by atoms with E-state index >= 15 is 0 Å². The van der Waals surface area contributed by atoms with Gasteiger partial charge in [-0.05, 0) is 24.3 Å². The van der Waals surface area contributed by atoms with E-state index in [0.29, 0.717) is 11.5 Å². The Hall–Kier alpha value is -2.89. The summed E-state index contributed by atoms with van der Waals surface area (Å²) in [6, 6.07) is 8.45. The SMILES string of the molecule is Cn1cnc2c(Nc3cccc(C(=O)O)c3)nccc21. The highest BCUT2D eigenvalue weighted by Gasteiger charge is 2.08. The standard InChI is InChI=1S/C14H12N4O2/c1-18-8-16-12-11(18)5-6-15-13(12)17-10-4-2-3-9(7-10)14(19)20/h2-8H,1H3,(H,15,17)(H,19,20). The van der Waals surface area contributed by atoms with Gasteiger partial charge in [-0.1, -0.05) is 6.07 Å². The molecular formula is C14H12N4O2. The van der Waals surface area contributed by atoms with Gasteiger partial charge in [0.15, 0.2) is 5.82 Å². The molecule has 0 unspecified atom stereocenters. The van der Waals surface area contributed by atoms with Crippen molar-refractivity contribution in [1.29, 1.82) is 0 Å². The number of benzene rings is 1. The highest BCUT2D eigenvalue weighted by atomic mass is 16.4. The fraction of sp³-hybridized carbons (Fsp3) is 0.0714. The quantitative estimate of drug-likeness (QED) is 0.762. The molecule has 1 aromatic carbocycles. The number of aromatic carboxylic acids is 1. The molecular weight excluding hydrogens is 256 g/mol. The second kappa shape index (κ2) is 4.65. The molecule has 0 amide bonds. The Morgan fingerprint density at radius 1 is 1.30 bits per heavy atom. The lowest BCUT2D eigenvalue weighted by Gasteiger charge is -2.07. The van der Waals surface area contributed by atoms with E-state index in [1.54, 1.807) is 36.8 Å². The van der Waals surface area contributed by atoms with Gasteiger partial charge >= 0.3 is 5.97 Å². The summed E-state index contributed by atoms with van der Waals surface area (Å²) >= 11 is 0. The van der Waals surface area contributed by atoms with Gasteiger partial charge in [0.1, 0.15) is 5.52 Å². The van der Waals surface area contributed by atoms with E-state index in [1.165, 1.54) is 0 Å². The molecule has 6 heteroatoms. The number of aryl methyl sites for hydroxylation is 1. The lowest BCUT2D eigenvalue weighted by molar-refractivity contribution is 0.0697. The molecule has 0 spiro atoms. The number of anilines is 2. The number of carbonyl (C=O) groups is 1. The molecule has 3 rings (SSSR count). The van der Waals surface area contributed by atoms with E-state index in [4.69, 9.17) is 5.11 Å². The lowest BCUT2D eigenvalue weighted by Crippen LogP contribution is -1.99. The van der Waals surface area contributed by atoms with Crippen LogP contribution in [0.5, 0.6) is 0 Å². The van der Waals surface area contributed by atoms with Gasteiger partial charge in [0.05, 0.1) is 17.4 Å². The Morgan fingerprint density at radius 3 is 2.95 bits per heavy atom. The minimum absolute atomic E-state index is 0.225. The molecule has 0 aliphatic carbocycles. The summed E-state index contributed by atoms with van der Waals surface area (Å²) in [5.74, 6) is -0.358. The van der Waals surface area contributed by atoms with Crippen molar-refractivity contribution < 1.29 is 9.90 Å². The smallest absolute Gasteiger partial charge is 0.335 e. The van der Waals surface area contributed by atoms with Crippen molar-refractivity contribution in [1.82, 2.24) is 14.5 Å². The van der Waals surface area contributed by atoms with Crippen LogP contribution in [-0.2, 0) is 7.05 Å². The average molecular weight is 268 g/mol. The number of hydrogen-bond acceptors (Lipinski definition) is 4. The van der Waals surface area contributed by atoms with Gasteiger partial charge in [0, 0.05) is 18.9 Å². The van der Waals surface area contributed by atoms with Crippen LogP contribution in [0.3, 0.4) is 0 Å². The van der Waals surface area contributed by atoms with E-state index in [-0.39, 0.29) is 5.56 Å². The number of pyridine rings is 1. The zero-order valence-electron chi connectivity index (χ0n) is 10.7. The van der Waals surface area contributed by atoms with E-state index in [0.717, 1.165) is 11.0 Å². The number of nitrogens with one attached hydrogen (secondary N) is 1. The molecule has 2 N–H and O–H groups in total. The predicted molar refractivity (Wildman–Crippen MR) is 75.2 cm³/mol. The van der Waals surface area contributed by atoms with Gasteiger partial charge in [0.2, 0.25) is 0 Å². The Morgan fingerprint density at radius 2 is 2.15 bits per heavy atom. The van der Waals surface area contributed by atoms with Gasteiger partial charge in [-0.3, -0.25) is 0 Å². The molecule has 0 bridgehead atoms. The maximum absolute atomic E-state index is 11.0. The number of fused-ring (bicyclic) bond motifs is 1. The van der Waals surface area contributed by atoms with Gasteiger partial charge in [-0.2, -0.15) is 0 Å². The van der Waals surface area contributed by atoms with Gasteiger partial charge in [-0.25, -0.2) is 14.8 Å². The largest absolute Gasteiger partial charge is 0.478 e. The van der Waals surface area contributed by atoms with E-state index in [2.05, 4.69) is 15.3 Å². The zero-order chi connectivity index (χ0) is 14.1. The van der Waals surface area contributed by atoms with Crippen LogP contribution in [0.1, 0.15) is 10.4 Å². The van der Waals surface area contributed by atoms with Crippen LogP contribution in [0.25, 0.3) is 11.0 Å². The number of imidazole rings is 1. The summed E-state index contributed by atoms with van der Waals surface area (Å²) in [7, 11) is 1.91. The van der Waals surface area contributed by atoms with Crippen molar-refractivity contribution in [3.8, 4) is 0 Å². The molecule has 0 radical (unpaired) electrons. The first-order chi connectivity index (χ1) is 9.65. The summed E-state index contributed by atoms with van der Waals surface area (Å²) in [5.41, 5.74) is 2.59. The van der Waals surface area contributed by atoms with Gasteiger partial charge in [0.25, 0.3) is 0 Å². The van der Waals surface area contributed by atoms with E-state index in [9.17, 15) is 4.79 Å². The number of rotatable bonds is 3. The summed E-state index contributed by atoms with van der Waals surface area (Å²) < 4.78 is 1.90. The first-order valence-electron chi connectivity index (χ1n) is 6.01. The number of hydrogen-bond donors (Lipinski definition) is 2. The second-order valence-electron chi connectivity index (χ2n) is 4.39. The van der Waals surface area contributed by atoms with Crippen LogP contribution in [0.15, 0.2) is 42.9 Å². The second-order valence-corrected chi connectivity index (χ2v) is 4.39. The molecule has 0 aliphatic rings. The molecule has 3 aromatic rings. The Labute approximate surface area is 114 Å². The summed E-state index contributed by atoms with van der Waals surface area (Å²) in [5, 5.41) is 12.1. The maximum Gasteiger partial charge on any atom is 0.335 e. The van der Waals surface area contributed by atoms with Crippen molar-refractivity contribution >= 4 is 28.5 Å². The third-order valence-electron chi connectivity index (χ3n) is 3.02. The highest BCUT2D eigenvalue weighted by molar-refractivity contribution is 5.91. The molecule has 2 heterocycles. The maximum atomic E-state index is 11.0. The predicted octanol–water partition coefficient (Wildman–Crippen LogP) is 2.41. The van der Waals surface area contributed by atoms with Crippen LogP contribution in [0, 0.1) is 0 Å². The fourth-order valence-electron chi connectivity index (χ4n) is 2.02. The highest BCUT2D eigenvalue weighted by Crippen LogP contribution is 2.23. The monoisotopic (exact) mass is 268 g/mol. The van der Waals surface area contributed by atoms with Crippen molar-refractivity contribution in [3.63, 3.8) is 0 Å². The Bertz CT molecular complexity index is 795. The summed E-state index contributed by atoms with van der Waals surface area (Å²) in [6.07, 6.45) is 3.40. The van der Waals surface area contributed by atoms with Crippen molar-refractivity contribution in [2.24, 2.45) is 7.05 Å². The lowest BCUT2D eigenvalue weighted by atomic mass is 10.2. The molecule has 6 nitrogen and oxygen atoms in total. The molecule has 0 saturated carbocycles. The molecule has 0 saturated heterocycles. The number of nitrogens with zero attached hydrogens (tertiary/aromatic N) is 3. The summed E-state index contributed by atoms with van der Waals surface area (Å²) in [6.45, 7) is 0. The van der Waals surface area contributed by atoms with Crippen LogP contribution in [-0.4, -0.2) is 25.6 Å². The number of carboxylic acids is 1. The van der Waals surface area contributed by atoms with Crippen LogP contribution in [0.2, 0.25) is 0 Å². The number of aromatic nitrogens is 3. The van der Waals surface area contributed by atoms with Crippen LogP contribution < -0.4 is 5.32 Å². The zero-order valence-corrected chi connectivity index (χ0v) is 10.7.